The number of ether oxygens (including phenoxy) is 3. The summed E-state index contributed by atoms with van der Waals surface area (Å²) in [5.74, 6) is -0.859. The molecule has 0 aromatic carbocycles. The maximum Gasteiger partial charge on any atom is 0.306 e. The van der Waals surface area contributed by atoms with Gasteiger partial charge in [0.25, 0.3) is 0 Å². The highest BCUT2D eigenvalue weighted by Crippen LogP contribution is 2.18. The third-order valence-corrected chi connectivity index (χ3v) is 14.0. The van der Waals surface area contributed by atoms with Crippen molar-refractivity contribution in [2.24, 2.45) is 0 Å². The molecule has 0 bridgehead atoms. The SMILES string of the molecule is CCCCC/C=C\C/C=C\CCCCCCCC(=O)OC(COC(=O)CCCCCCCCCCCCCCCCCCC)COC(=O)CCCCCCCCCCCCCCCCCCCCC. The van der Waals surface area contributed by atoms with Crippen LogP contribution in [0, 0.1) is 0 Å². The molecule has 0 heterocycles. The first-order valence-corrected chi connectivity index (χ1v) is 30.8. The van der Waals surface area contributed by atoms with Crippen LogP contribution in [0.4, 0.5) is 0 Å². The first kappa shape index (κ1) is 66.9. The smallest absolute Gasteiger partial charge is 0.306 e. The monoisotopic (exact) mass is 971 g/mol. The average molecular weight is 972 g/mol. The second-order valence-corrected chi connectivity index (χ2v) is 21.0. The summed E-state index contributed by atoms with van der Waals surface area (Å²) in [6.45, 7) is 6.67. The van der Waals surface area contributed by atoms with Crippen molar-refractivity contribution in [1.82, 2.24) is 0 Å². The zero-order valence-electron chi connectivity index (χ0n) is 46.6. The number of hydrogen-bond donors (Lipinski definition) is 0. The lowest BCUT2D eigenvalue weighted by atomic mass is 10.0. The predicted molar refractivity (Wildman–Crippen MR) is 298 cm³/mol. The van der Waals surface area contributed by atoms with Gasteiger partial charge in [0.2, 0.25) is 0 Å². The van der Waals surface area contributed by atoms with E-state index in [9.17, 15) is 14.4 Å². The van der Waals surface area contributed by atoms with Gasteiger partial charge in [-0.2, -0.15) is 0 Å². The summed E-state index contributed by atoms with van der Waals surface area (Å²) in [5, 5.41) is 0. The van der Waals surface area contributed by atoms with Crippen molar-refractivity contribution in [3.8, 4) is 0 Å². The molecule has 0 amide bonds. The summed E-state index contributed by atoms with van der Waals surface area (Å²) >= 11 is 0. The first-order valence-electron chi connectivity index (χ1n) is 30.8. The second-order valence-electron chi connectivity index (χ2n) is 21.0. The van der Waals surface area contributed by atoms with Crippen LogP contribution in [0.25, 0.3) is 0 Å². The number of esters is 3. The summed E-state index contributed by atoms with van der Waals surface area (Å²) in [4.78, 5) is 38.2. The maximum atomic E-state index is 12.9. The molecular weight excluding hydrogens is 853 g/mol. The van der Waals surface area contributed by atoms with Crippen LogP contribution < -0.4 is 0 Å². The van der Waals surface area contributed by atoms with Crippen LogP contribution in [0.5, 0.6) is 0 Å². The molecule has 0 saturated heterocycles. The normalized spacial score (nSPS) is 12.1. The third kappa shape index (κ3) is 56.7. The molecule has 0 saturated carbocycles. The van der Waals surface area contributed by atoms with Gasteiger partial charge in [-0.15, -0.1) is 0 Å². The molecule has 0 N–H and O–H groups in total. The molecule has 1 unspecified atom stereocenters. The van der Waals surface area contributed by atoms with E-state index in [1.807, 2.05) is 0 Å². The second kappa shape index (κ2) is 58.5. The predicted octanol–water partition coefficient (Wildman–Crippen LogP) is 20.7. The highest BCUT2D eigenvalue weighted by Gasteiger charge is 2.19. The number of carbonyl (C=O) groups is 3. The first-order chi connectivity index (χ1) is 34.0. The van der Waals surface area contributed by atoms with Crippen LogP contribution in [0.2, 0.25) is 0 Å². The lowest BCUT2D eigenvalue weighted by Crippen LogP contribution is -2.30. The standard InChI is InChI=1S/C63H118O6/c1-4-7-10-13-16-19-22-25-28-30-31-33-36-38-41-44-47-50-53-56-62(65)68-59-60(69-63(66)57-54-51-48-45-42-39-34-27-24-21-18-15-12-9-6-3)58-67-61(64)55-52-49-46-43-40-37-35-32-29-26-23-20-17-14-11-8-5-2/h18,21,27,34,60H,4-17,19-20,22-26,28-33,35-59H2,1-3H3/b21-18-,34-27-. The van der Waals surface area contributed by atoms with Gasteiger partial charge in [-0.05, 0) is 51.4 Å². The number of hydrogen-bond acceptors (Lipinski definition) is 6. The Kier molecular flexibility index (Phi) is 56.7. The van der Waals surface area contributed by atoms with Crippen molar-refractivity contribution in [2.75, 3.05) is 13.2 Å². The summed E-state index contributed by atoms with van der Waals surface area (Å²) in [6, 6.07) is 0. The lowest BCUT2D eigenvalue weighted by Gasteiger charge is -2.18. The Morgan fingerprint density at radius 1 is 0.290 bits per heavy atom. The molecule has 6 heteroatoms. The largest absolute Gasteiger partial charge is 0.462 e. The highest BCUT2D eigenvalue weighted by molar-refractivity contribution is 5.71. The Morgan fingerprint density at radius 3 is 0.826 bits per heavy atom. The topological polar surface area (TPSA) is 78.9 Å². The Morgan fingerprint density at radius 2 is 0.522 bits per heavy atom. The van der Waals surface area contributed by atoms with Gasteiger partial charge in [0.05, 0.1) is 0 Å². The van der Waals surface area contributed by atoms with E-state index in [-0.39, 0.29) is 31.1 Å². The Hall–Kier alpha value is -2.11. The Balaban J connectivity index is 4.31. The van der Waals surface area contributed by atoms with E-state index in [0.717, 1.165) is 77.0 Å². The zero-order chi connectivity index (χ0) is 50.0. The van der Waals surface area contributed by atoms with Gasteiger partial charge >= 0.3 is 17.9 Å². The maximum absolute atomic E-state index is 12.9. The number of allylic oxidation sites excluding steroid dienone is 4. The van der Waals surface area contributed by atoms with Crippen molar-refractivity contribution in [3.05, 3.63) is 24.3 Å². The van der Waals surface area contributed by atoms with E-state index in [2.05, 4.69) is 45.1 Å². The van der Waals surface area contributed by atoms with E-state index in [4.69, 9.17) is 14.2 Å². The minimum Gasteiger partial charge on any atom is -0.462 e. The van der Waals surface area contributed by atoms with E-state index in [1.165, 1.54) is 225 Å². The summed E-state index contributed by atoms with van der Waals surface area (Å²) < 4.78 is 16.9. The molecular formula is C63H118O6. The highest BCUT2D eigenvalue weighted by atomic mass is 16.6. The molecule has 0 aromatic rings. The van der Waals surface area contributed by atoms with E-state index < -0.39 is 6.10 Å². The fraction of sp³-hybridized carbons (Fsp3) is 0.889. The van der Waals surface area contributed by atoms with Crippen LogP contribution >= 0.6 is 0 Å². The van der Waals surface area contributed by atoms with Gasteiger partial charge in [0, 0.05) is 19.3 Å². The molecule has 69 heavy (non-hydrogen) atoms. The summed E-state index contributed by atoms with van der Waals surface area (Å²) in [5.41, 5.74) is 0. The third-order valence-electron chi connectivity index (χ3n) is 14.0. The van der Waals surface area contributed by atoms with Gasteiger partial charge in [-0.1, -0.05) is 295 Å². The van der Waals surface area contributed by atoms with Gasteiger partial charge in [-0.3, -0.25) is 14.4 Å². The molecule has 1 atom stereocenters. The molecule has 0 aliphatic rings. The van der Waals surface area contributed by atoms with Crippen LogP contribution in [-0.2, 0) is 28.6 Å². The average Bonchev–Trinajstić information content (AvgIpc) is 3.35. The number of carbonyl (C=O) groups excluding carboxylic acids is 3. The van der Waals surface area contributed by atoms with Crippen molar-refractivity contribution >= 4 is 17.9 Å². The van der Waals surface area contributed by atoms with Crippen LogP contribution in [-0.4, -0.2) is 37.2 Å². The summed E-state index contributed by atoms with van der Waals surface area (Å²) in [7, 11) is 0. The van der Waals surface area contributed by atoms with Crippen molar-refractivity contribution in [1.29, 1.82) is 0 Å². The van der Waals surface area contributed by atoms with Gasteiger partial charge < -0.3 is 14.2 Å². The minimum atomic E-state index is -0.774. The molecule has 0 radical (unpaired) electrons. The summed E-state index contributed by atoms with van der Waals surface area (Å²) in [6.07, 6.45) is 68.9. The molecule has 0 spiro atoms. The van der Waals surface area contributed by atoms with Crippen LogP contribution in [0.15, 0.2) is 24.3 Å². The molecule has 0 fully saturated rings. The van der Waals surface area contributed by atoms with E-state index >= 15 is 0 Å². The molecule has 406 valence electrons. The quantitative estimate of drug-likeness (QED) is 0.0261. The molecule has 0 aromatic heterocycles. The van der Waals surface area contributed by atoms with Crippen molar-refractivity contribution in [2.45, 2.75) is 348 Å². The minimum absolute atomic E-state index is 0.0712. The molecule has 0 aliphatic heterocycles. The van der Waals surface area contributed by atoms with Crippen molar-refractivity contribution < 1.29 is 28.6 Å². The van der Waals surface area contributed by atoms with Crippen LogP contribution in [0.3, 0.4) is 0 Å². The zero-order valence-corrected chi connectivity index (χ0v) is 46.6. The van der Waals surface area contributed by atoms with Gasteiger partial charge in [0.1, 0.15) is 13.2 Å². The van der Waals surface area contributed by atoms with E-state index in [0.29, 0.717) is 19.3 Å². The van der Waals surface area contributed by atoms with E-state index in [1.54, 1.807) is 0 Å². The molecule has 6 nitrogen and oxygen atoms in total. The van der Waals surface area contributed by atoms with Crippen molar-refractivity contribution in [3.63, 3.8) is 0 Å². The Labute approximate surface area is 430 Å². The fourth-order valence-electron chi connectivity index (χ4n) is 9.30. The molecule has 0 aliphatic carbocycles. The van der Waals surface area contributed by atoms with Gasteiger partial charge in [-0.25, -0.2) is 0 Å². The Bertz CT molecular complexity index is 1110. The lowest BCUT2D eigenvalue weighted by molar-refractivity contribution is -0.167. The number of rotatable bonds is 57. The van der Waals surface area contributed by atoms with Gasteiger partial charge in [0.15, 0.2) is 6.10 Å². The molecule has 0 rings (SSSR count). The van der Waals surface area contributed by atoms with Crippen LogP contribution in [0.1, 0.15) is 342 Å². The fourth-order valence-corrected chi connectivity index (χ4v) is 9.30. The number of unbranched alkanes of at least 4 members (excludes halogenated alkanes) is 42.